The van der Waals surface area contributed by atoms with Gasteiger partial charge in [0.05, 0.1) is 6.20 Å². The topological polar surface area (TPSA) is 38.1 Å². The minimum atomic E-state index is -0.216. The van der Waals surface area contributed by atoms with Crippen LogP contribution < -0.4 is 0 Å². The minimum absolute atomic E-state index is 0.210. The Kier molecular flexibility index (Phi) is 4.97. The van der Waals surface area contributed by atoms with E-state index in [0.29, 0.717) is 12.3 Å². The van der Waals surface area contributed by atoms with E-state index >= 15 is 0 Å². The van der Waals surface area contributed by atoms with Crippen LogP contribution >= 0.6 is 0 Å². The summed E-state index contributed by atoms with van der Waals surface area (Å²) in [5.74, 6) is 0.752. The summed E-state index contributed by atoms with van der Waals surface area (Å²) in [5.41, 5.74) is 2.18. The van der Waals surface area contributed by atoms with Crippen molar-refractivity contribution in [3.05, 3.63) is 53.6 Å². The number of hydrogen-bond donors (Lipinski definition) is 0. The van der Waals surface area contributed by atoms with Gasteiger partial charge in [-0.25, -0.2) is 4.39 Å². The lowest BCUT2D eigenvalue weighted by Crippen LogP contribution is -2.51. The first-order valence-corrected chi connectivity index (χ1v) is 8.49. The van der Waals surface area contributed by atoms with Crippen molar-refractivity contribution < 1.29 is 9.18 Å². The fourth-order valence-electron chi connectivity index (χ4n) is 3.38. The maximum absolute atomic E-state index is 13.2. The van der Waals surface area contributed by atoms with Gasteiger partial charge in [-0.2, -0.15) is 5.10 Å². The van der Waals surface area contributed by atoms with Crippen molar-refractivity contribution in [3.8, 4) is 0 Å². The molecule has 128 valence electrons. The van der Waals surface area contributed by atoms with Crippen molar-refractivity contribution in [1.29, 1.82) is 0 Å². The first kappa shape index (κ1) is 16.7. The summed E-state index contributed by atoms with van der Waals surface area (Å²) in [6.45, 7) is 3.72. The van der Waals surface area contributed by atoms with Crippen LogP contribution in [-0.4, -0.2) is 33.7 Å². The van der Waals surface area contributed by atoms with E-state index < -0.39 is 0 Å². The quantitative estimate of drug-likeness (QED) is 0.817. The second-order valence-electron chi connectivity index (χ2n) is 7.03. The Morgan fingerprint density at radius 2 is 2.17 bits per heavy atom. The van der Waals surface area contributed by atoms with Gasteiger partial charge in [-0.1, -0.05) is 19.1 Å². The van der Waals surface area contributed by atoms with Crippen molar-refractivity contribution in [1.82, 2.24) is 14.7 Å². The monoisotopic (exact) mass is 329 g/mol. The van der Waals surface area contributed by atoms with Gasteiger partial charge in [0.15, 0.2) is 0 Å². The highest BCUT2D eigenvalue weighted by Crippen LogP contribution is 2.23. The van der Waals surface area contributed by atoms with Crippen molar-refractivity contribution in [2.45, 2.75) is 26.2 Å². The zero-order valence-corrected chi connectivity index (χ0v) is 14.3. The second-order valence-corrected chi connectivity index (χ2v) is 7.03. The minimum Gasteiger partial charge on any atom is -0.342 e. The molecule has 0 radical (unpaired) electrons. The molecule has 1 aromatic heterocycles. The Labute approximate surface area is 142 Å². The zero-order valence-electron chi connectivity index (χ0n) is 14.3. The first-order valence-electron chi connectivity index (χ1n) is 8.49. The van der Waals surface area contributed by atoms with Gasteiger partial charge in [-0.15, -0.1) is 0 Å². The van der Waals surface area contributed by atoms with Crippen LogP contribution in [0.3, 0.4) is 0 Å². The molecule has 1 saturated heterocycles. The summed E-state index contributed by atoms with van der Waals surface area (Å²) in [4.78, 5) is 14.3. The molecule has 0 bridgehead atoms. The number of halogens is 1. The van der Waals surface area contributed by atoms with E-state index in [2.05, 4.69) is 12.0 Å². The Morgan fingerprint density at radius 1 is 1.38 bits per heavy atom. The third-order valence-corrected chi connectivity index (χ3v) is 4.59. The number of likely N-dealkylation sites (tertiary alicyclic amines) is 1. The predicted molar refractivity (Wildman–Crippen MR) is 90.9 cm³/mol. The van der Waals surface area contributed by atoms with Gasteiger partial charge < -0.3 is 4.90 Å². The molecule has 2 aromatic rings. The summed E-state index contributed by atoms with van der Waals surface area (Å²) in [5, 5.41) is 4.18. The molecule has 0 saturated carbocycles. The number of aryl methyl sites for hydroxylation is 1. The van der Waals surface area contributed by atoms with Crippen LogP contribution in [0.25, 0.3) is 0 Å². The Bertz CT molecular complexity index is 706. The molecule has 0 spiro atoms. The molecule has 1 atom stereocenters. The maximum atomic E-state index is 13.2. The van der Waals surface area contributed by atoms with E-state index in [9.17, 15) is 9.18 Å². The van der Waals surface area contributed by atoms with Crippen LogP contribution in [0.4, 0.5) is 4.39 Å². The van der Waals surface area contributed by atoms with Gasteiger partial charge >= 0.3 is 0 Å². The largest absolute Gasteiger partial charge is 0.342 e. The molecule has 1 aliphatic rings. The summed E-state index contributed by atoms with van der Waals surface area (Å²) >= 11 is 0. The standard InChI is InChI=1S/C19H24FN3O/c1-14(6-15-4-3-5-18(20)9-15)7-19(24)23-12-17(13-23)8-16-10-21-22(2)11-16/h3-5,9-11,14,17H,6-8,12-13H2,1-2H3. The molecule has 1 aromatic carbocycles. The number of rotatable bonds is 6. The Hall–Kier alpha value is -2.17. The lowest BCUT2D eigenvalue weighted by molar-refractivity contribution is -0.138. The third-order valence-electron chi connectivity index (χ3n) is 4.59. The molecule has 5 heteroatoms. The molecule has 2 heterocycles. The van der Waals surface area contributed by atoms with Gasteiger partial charge in [-0.05, 0) is 47.9 Å². The maximum Gasteiger partial charge on any atom is 0.222 e. The van der Waals surface area contributed by atoms with E-state index in [1.807, 2.05) is 35.1 Å². The predicted octanol–water partition coefficient (Wildman–Crippen LogP) is 2.83. The molecule has 24 heavy (non-hydrogen) atoms. The molecule has 4 nitrogen and oxygen atoms in total. The smallest absolute Gasteiger partial charge is 0.222 e. The van der Waals surface area contributed by atoms with E-state index in [1.165, 1.54) is 11.6 Å². The normalized spacial score (nSPS) is 16.0. The molecule has 1 unspecified atom stereocenters. The van der Waals surface area contributed by atoms with Gasteiger partial charge in [0.2, 0.25) is 5.91 Å². The van der Waals surface area contributed by atoms with Crippen LogP contribution in [0.2, 0.25) is 0 Å². The molecule has 1 amide bonds. The SMILES string of the molecule is CC(CC(=O)N1CC(Cc2cnn(C)c2)C1)Cc1cccc(F)c1. The van der Waals surface area contributed by atoms with Crippen LogP contribution in [0.15, 0.2) is 36.7 Å². The Morgan fingerprint density at radius 3 is 2.83 bits per heavy atom. The molecular formula is C19H24FN3O. The third kappa shape index (κ3) is 4.22. The van der Waals surface area contributed by atoms with Crippen molar-refractivity contribution >= 4 is 5.91 Å². The average Bonchev–Trinajstić information content (AvgIpc) is 2.87. The summed E-state index contributed by atoms with van der Waals surface area (Å²) in [7, 11) is 1.92. The molecule has 1 aliphatic heterocycles. The highest BCUT2D eigenvalue weighted by Gasteiger charge is 2.31. The van der Waals surface area contributed by atoms with Crippen LogP contribution in [-0.2, 0) is 24.7 Å². The van der Waals surface area contributed by atoms with E-state index in [0.717, 1.165) is 31.5 Å². The molecule has 3 rings (SSSR count). The summed E-state index contributed by atoms with van der Waals surface area (Å²) in [6.07, 6.45) is 6.17. The zero-order chi connectivity index (χ0) is 17.1. The van der Waals surface area contributed by atoms with E-state index in [1.54, 1.807) is 12.1 Å². The average molecular weight is 329 g/mol. The molecule has 1 fully saturated rings. The fraction of sp³-hybridized carbons (Fsp3) is 0.474. The molecule has 0 aliphatic carbocycles. The van der Waals surface area contributed by atoms with Crippen LogP contribution in [0.5, 0.6) is 0 Å². The van der Waals surface area contributed by atoms with E-state index in [-0.39, 0.29) is 17.6 Å². The summed E-state index contributed by atoms with van der Waals surface area (Å²) < 4.78 is 15.0. The van der Waals surface area contributed by atoms with Crippen LogP contribution in [0, 0.1) is 17.7 Å². The number of amides is 1. The second kappa shape index (κ2) is 7.16. The number of aromatic nitrogens is 2. The van der Waals surface area contributed by atoms with Crippen molar-refractivity contribution in [3.63, 3.8) is 0 Å². The van der Waals surface area contributed by atoms with Gasteiger partial charge in [0.25, 0.3) is 0 Å². The number of nitrogens with zero attached hydrogens (tertiary/aromatic N) is 3. The number of hydrogen-bond acceptors (Lipinski definition) is 2. The number of benzene rings is 1. The number of carbonyl (C=O) groups excluding carboxylic acids is 1. The lowest BCUT2D eigenvalue weighted by Gasteiger charge is -2.39. The van der Waals surface area contributed by atoms with E-state index in [4.69, 9.17) is 0 Å². The molecule has 0 N–H and O–H groups in total. The van der Waals surface area contributed by atoms with Gasteiger partial charge in [0.1, 0.15) is 5.82 Å². The molecular weight excluding hydrogens is 305 g/mol. The highest BCUT2D eigenvalue weighted by molar-refractivity contribution is 5.77. The summed E-state index contributed by atoms with van der Waals surface area (Å²) in [6, 6.07) is 6.63. The fourth-order valence-corrected chi connectivity index (χ4v) is 3.38. The highest BCUT2D eigenvalue weighted by atomic mass is 19.1. The lowest BCUT2D eigenvalue weighted by atomic mass is 9.91. The number of carbonyl (C=O) groups is 1. The van der Waals surface area contributed by atoms with Crippen LogP contribution in [0.1, 0.15) is 24.5 Å². The van der Waals surface area contributed by atoms with Crippen molar-refractivity contribution in [2.75, 3.05) is 13.1 Å². The van der Waals surface area contributed by atoms with Gasteiger partial charge in [0, 0.05) is 32.8 Å². The first-order chi connectivity index (χ1) is 11.5. The Balaban J connectivity index is 1.41. The van der Waals surface area contributed by atoms with Crippen molar-refractivity contribution in [2.24, 2.45) is 18.9 Å². The van der Waals surface area contributed by atoms with Gasteiger partial charge in [-0.3, -0.25) is 9.48 Å².